The minimum Gasteiger partial charge on any atom is -0.379 e. The Balaban J connectivity index is 1.34. The van der Waals surface area contributed by atoms with Gasteiger partial charge in [-0.3, -0.25) is 9.80 Å². The molecule has 3 aliphatic rings. The van der Waals surface area contributed by atoms with Crippen molar-refractivity contribution >= 4 is 0 Å². The largest absolute Gasteiger partial charge is 0.379 e. The molecule has 0 spiro atoms. The van der Waals surface area contributed by atoms with Crippen LogP contribution in [-0.4, -0.2) is 67.8 Å². The van der Waals surface area contributed by atoms with Crippen LogP contribution < -0.4 is 5.73 Å². The van der Waals surface area contributed by atoms with Crippen LogP contribution in [-0.2, 0) is 4.74 Å². The molecule has 1 saturated carbocycles. The van der Waals surface area contributed by atoms with E-state index in [1.165, 1.54) is 25.9 Å². The van der Waals surface area contributed by atoms with E-state index in [4.69, 9.17) is 10.5 Å². The minimum atomic E-state index is 0.186. The number of likely N-dealkylation sites (tertiary alicyclic amines) is 1. The van der Waals surface area contributed by atoms with E-state index in [0.29, 0.717) is 0 Å². The zero-order valence-corrected chi connectivity index (χ0v) is 10.0. The van der Waals surface area contributed by atoms with Crippen LogP contribution in [0.5, 0.6) is 0 Å². The van der Waals surface area contributed by atoms with Crippen LogP contribution in [0.2, 0.25) is 0 Å². The molecule has 2 N–H and O–H groups in total. The maximum absolute atomic E-state index is 6.33. The second kappa shape index (κ2) is 4.26. The van der Waals surface area contributed by atoms with Crippen LogP contribution in [0.1, 0.15) is 12.8 Å². The number of rotatable bonds is 4. The summed E-state index contributed by atoms with van der Waals surface area (Å²) in [5, 5.41) is 0. The molecule has 0 unspecified atom stereocenters. The Morgan fingerprint density at radius 2 is 1.69 bits per heavy atom. The van der Waals surface area contributed by atoms with Crippen molar-refractivity contribution in [3.05, 3.63) is 0 Å². The Morgan fingerprint density at radius 3 is 2.31 bits per heavy atom. The first kappa shape index (κ1) is 11.0. The lowest BCUT2D eigenvalue weighted by atomic mass is 9.86. The molecule has 2 aliphatic heterocycles. The Bertz CT molecular complexity index is 243. The van der Waals surface area contributed by atoms with Gasteiger partial charge in [-0.1, -0.05) is 0 Å². The van der Waals surface area contributed by atoms with Gasteiger partial charge in [0.25, 0.3) is 0 Å². The predicted octanol–water partition coefficient (Wildman–Crippen LogP) is -0.258. The van der Waals surface area contributed by atoms with Crippen molar-refractivity contribution in [3.8, 4) is 0 Å². The average Bonchev–Trinajstić information content (AvgIpc) is 3.08. The predicted molar refractivity (Wildman–Crippen MR) is 63.3 cm³/mol. The van der Waals surface area contributed by atoms with Gasteiger partial charge in [-0.05, 0) is 18.8 Å². The van der Waals surface area contributed by atoms with Crippen LogP contribution in [0.15, 0.2) is 0 Å². The smallest absolute Gasteiger partial charge is 0.0594 e. The SMILES string of the molecule is NC1(C2CC2)CN(CCN2CCOCC2)C1. The molecule has 92 valence electrons. The third-order valence-electron chi connectivity index (χ3n) is 4.26. The van der Waals surface area contributed by atoms with Gasteiger partial charge in [0.05, 0.1) is 13.2 Å². The summed E-state index contributed by atoms with van der Waals surface area (Å²) in [5.41, 5.74) is 6.52. The third-order valence-corrected chi connectivity index (χ3v) is 4.26. The highest BCUT2D eigenvalue weighted by Crippen LogP contribution is 2.42. The van der Waals surface area contributed by atoms with E-state index < -0.39 is 0 Å². The summed E-state index contributed by atoms with van der Waals surface area (Å²) in [6, 6.07) is 0. The molecule has 0 bridgehead atoms. The second-order valence-corrected chi connectivity index (χ2v) is 5.67. The van der Waals surface area contributed by atoms with Crippen molar-refractivity contribution in [2.24, 2.45) is 11.7 Å². The first-order chi connectivity index (χ1) is 7.76. The summed E-state index contributed by atoms with van der Waals surface area (Å²) in [6.45, 7) is 8.64. The summed E-state index contributed by atoms with van der Waals surface area (Å²) >= 11 is 0. The molecule has 2 heterocycles. The van der Waals surface area contributed by atoms with Gasteiger partial charge in [0.1, 0.15) is 0 Å². The summed E-state index contributed by atoms with van der Waals surface area (Å²) < 4.78 is 5.34. The third kappa shape index (κ3) is 2.25. The Hall–Kier alpha value is -0.160. The molecule has 0 radical (unpaired) electrons. The molecule has 3 fully saturated rings. The monoisotopic (exact) mass is 225 g/mol. The van der Waals surface area contributed by atoms with Crippen molar-refractivity contribution in [3.63, 3.8) is 0 Å². The molecule has 2 saturated heterocycles. The van der Waals surface area contributed by atoms with Crippen LogP contribution in [0.3, 0.4) is 0 Å². The highest BCUT2D eigenvalue weighted by atomic mass is 16.5. The lowest BCUT2D eigenvalue weighted by Crippen LogP contribution is -2.69. The van der Waals surface area contributed by atoms with E-state index >= 15 is 0 Å². The topological polar surface area (TPSA) is 41.7 Å². The normalized spacial score (nSPS) is 31.3. The first-order valence-electron chi connectivity index (χ1n) is 6.58. The molecule has 0 amide bonds. The van der Waals surface area contributed by atoms with E-state index in [2.05, 4.69) is 9.80 Å². The molecule has 1 aliphatic carbocycles. The van der Waals surface area contributed by atoms with Gasteiger partial charge in [0.2, 0.25) is 0 Å². The zero-order valence-electron chi connectivity index (χ0n) is 10.0. The van der Waals surface area contributed by atoms with Crippen molar-refractivity contribution in [2.45, 2.75) is 18.4 Å². The Morgan fingerprint density at radius 1 is 1.06 bits per heavy atom. The Labute approximate surface area is 97.7 Å². The second-order valence-electron chi connectivity index (χ2n) is 5.67. The minimum absolute atomic E-state index is 0.186. The van der Waals surface area contributed by atoms with Crippen molar-refractivity contribution in [1.29, 1.82) is 0 Å². The lowest BCUT2D eigenvalue weighted by molar-refractivity contribution is 0.0126. The lowest BCUT2D eigenvalue weighted by Gasteiger charge is -2.49. The number of ether oxygens (including phenoxy) is 1. The van der Waals surface area contributed by atoms with Gasteiger partial charge in [-0.15, -0.1) is 0 Å². The zero-order chi connectivity index (χ0) is 11.0. The highest BCUT2D eigenvalue weighted by molar-refractivity contribution is 5.08. The maximum Gasteiger partial charge on any atom is 0.0594 e. The summed E-state index contributed by atoms with van der Waals surface area (Å²) in [5.74, 6) is 0.840. The molecule has 3 rings (SSSR count). The van der Waals surface area contributed by atoms with Gasteiger partial charge >= 0.3 is 0 Å². The summed E-state index contributed by atoms with van der Waals surface area (Å²) in [7, 11) is 0. The fraction of sp³-hybridized carbons (Fsp3) is 1.00. The van der Waals surface area contributed by atoms with E-state index in [0.717, 1.165) is 45.3 Å². The molecule has 0 aromatic rings. The van der Waals surface area contributed by atoms with Gasteiger partial charge in [-0.2, -0.15) is 0 Å². The number of morpholine rings is 1. The molecule has 0 aromatic heterocycles. The summed E-state index contributed by atoms with van der Waals surface area (Å²) in [4.78, 5) is 5.00. The fourth-order valence-electron chi connectivity index (χ4n) is 2.97. The van der Waals surface area contributed by atoms with Gasteiger partial charge in [-0.25, -0.2) is 0 Å². The number of hydrogen-bond acceptors (Lipinski definition) is 4. The van der Waals surface area contributed by atoms with Gasteiger partial charge in [0, 0.05) is 44.8 Å². The van der Waals surface area contributed by atoms with Crippen LogP contribution in [0.4, 0.5) is 0 Å². The quantitative estimate of drug-likeness (QED) is 0.716. The van der Waals surface area contributed by atoms with Crippen LogP contribution >= 0.6 is 0 Å². The molecule has 16 heavy (non-hydrogen) atoms. The molecule has 4 nitrogen and oxygen atoms in total. The fourth-order valence-corrected chi connectivity index (χ4v) is 2.97. The van der Waals surface area contributed by atoms with E-state index in [1.54, 1.807) is 0 Å². The Kier molecular flexibility index (Phi) is 2.92. The molecule has 0 aromatic carbocycles. The number of nitrogens with two attached hydrogens (primary N) is 1. The molecular weight excluding hydrogens is 202 g/mol. The molecule has 4 heteroatoms. The number of hydrogen-bond donors (Lipinski definition) is 1. The summed E-state index contributed by atoms with van der Waals surface area (Å²) in [6.07, 6.45) is 2.74. The molecule has 0 atom stereocenters. The van der Waals surface area contributed by atoms with Crippen molar-refractivity contribution in [2.75, 3.05) is 52.5 Å². The van der Waals surface area contributed by atoms with Crippen LogP contribution in [0, 0.1) is 5.92 Å². The standard InChI is InChI=1S/C12H23N3O/c13-12(11-1-2-11)9-15(10-12)4-3-14-5-7-16-8-6-14/h11H,1-10,13H2. The average molecular weight is 225 g/mol. The van der Waals surface area contributed by atoms with E-state index in [9.17, 15) is 0 Å². The first-order valence-corrected chi connectivity index (χ1v) is 6.58. The number of nitrogens with zero attached hydrogens (tertiary/aromatic N) is 2. The molecular formula is C12H23N3O. The van der Waals surface area contributed by atoms with Gasteiger partial charge in [0.15, 0.2) is 0 Å². The van der Waals surface area contributed by atoms with Gasteiger partial charge < -0.3 is 10.5 Å². The van der Waals surface area contributed by atoms with Crippen molar-refractivity contribution < 1.29 is 4.74 Å². The maximum atomic E-state index is 6.33. The van der Waals surface area contributed by atoms with E-state index in [-0.39, 0.29) is 5.54 Å². The van der Waals surface area contributed by atoms with Crippen LogP contribution in [0.25, 0.3) is 0 Å². The highest BCUT2D eigenvalue weighted by Gasteiger charge is 2.49. The van der Waals surface area contributed by atoms with E-state index in [1.807, 2.05) is 0 Å². The van der Waals surface area contributed by atoms with Crippen molar-refractivity contribution in [1.82, 2.24) is 9.80 Å².